The monoisotopic (exact) mass is 322 g/mol. The molecule has 120 valence electrons. The molecule has 0 atom stereocenters. The maximum atomic E-state index is 4.86. The van der Waals surface area contributed by atoms with E-state index in [1.807, 2.05) is 0 Å². The van der Waals surface area contributed by atoms with Crippen LogP contribution >= 0.6 is 0 Å². The first-order chi connectivity index (χ1) is 12.2. The fourth-order valence-electron chi connectivity index (χ4n) is 3.83. The summed E-state index contributed by atoms with van der Waals surface area (Å²) in [4.78, 5) is 4.86. The van der Waals surface area contributed by atoms with Crippen molar-refractivity contribution in [1.29, 1.82) is 0 Å². The van der Waals surface area contributed by atoms with Crippen molar-refractivity contribution in [1.82, 2.24) is 9.55 Å². The van der Waals surface area contributed by atoms with E-state index in [0.717, 1.165) is 11.2 Å². The average molecular weight is 322 g/mol. The van der Waals surface area contributed by atoms with Crippen molar-refractivity contribution >= 4 is 32.7 Å². The standard InChI is InChI=1S/C23H18N2/c1-15-11-13-17(14-12-15)25-21-10-6-4-8-19(21)22-16(2)24-20-9-5-3-7-18(20)23(22)25/h3-14H,1-2H3. The van der Waals surface area contributed by atoms with Gasteiger partial charge in [-0.15, -0.1) is 0 Å². The Bertz CT molecular complexity index is 1240. The summed E-state index contributed by atoms with van der Waals surface area (Å²) in [6.07, 6.45) is 0. The molecule has 25 heavy (non-hydrogen) atoms. The Kier molecular flexibility index (Phi) is 2.95. The zero-order valence-corrected chi connectivity index (χ0v) is 14.3. The van der Waals surface area contributed by atoms with E-state index >= 15 is 0 Å². The molecule has 0 amide bonds. The van der Waals surface area contributed by atoms with Crippen LogP contribution in [-0.2, 0) is 0 Å². The number of aromatic nitrogens is 2. The largest absolute Gasteiger partial charge is 0.308 e. The molecule has 0 N–H and O–H groups in total. The second kappa shape index (κ2) is 5.18. The SMILES string of the molecule is Cc1ccc(-n2c3ccccc3c3c(C)nc4ccccc4c32)cc1. The van der Waals surface area contributed by atoms with E-state index in [1.165, 1.54) is 38.4 Å². The van der Waals surface area contributed by atoms with Crippen LogP contribution in [0, 0.1) is 13.8 Å². The first-order valence-electron chi connectivity index (χ1n) is 8.59. The highest BCUT2D eigenvalue weighted by molar-refractivity contribution is 6.18. The molecule has 0 aliphatic heterocycles. The van der Waals surface area contributed by atoms with Crippen LogP contribution in [-0.4, -0.2) is 9.55 Å². The summed E-state index contributed by atoms with van der Waals surface area (Å²) in [5.41, 5.74) is 7.05. The quantitative estimate of drug-likeness (QED) is 0.373. The minimum absolute atomic E-state index is 1.05. The molecule has 3 aromatic carbocycles. The molecule has 0 radical (unpaired) electrons. The van der Waals surface area contributed by atoms with Crippen LogP contribution in [0.2, 0.25) is 0 Å². The number of fused-ring (bicyclic) bond motifs is 5. The Morgan fingerprint density at radius 1 is 0.720 bits per heavy atom. The van der Waals surface area contributed by atoms with Gasteiger partial charge in [-0.25, -0.2) is 0 Å². The van der Waals surface area contributed by atoms with Crippen LogP contribution in [0.5, 0.6) is 0 Å². The molecule has 2 heterocycles. The van der Waals surface area contributed by atoms with E-state index in [9.17, 15) is 0 Å². The van der Waals surface area contributed by atoms with Gasteiger partial charge in [0.2, 0.25) is 0 Å². The minimum Gasteiger partial charge on any atom is -0.308 e. The van der Waals surface area contributed by atoms with Crippen LogP contribution in [0.15, 0.2) is 72.8 Å². The van der Waals surface area contributed by atoms with E-state index in [1.54, 1.807) is 0 Å². The Morgan fingerprint density at radius 3 is 2.20 bits per heavy atom. The zero-order chi connectivity index (χ0) is 17.0. The molecule has 5 aromatic rings. The van der Waals surface area contributed by atoms with Crippen molar-refractivity contribution in [3.8, 4) is 5.69 Å². The molecule has 5 rings (SSSR count). The number of pyridine rings is 1. The van der Waals surface area contributed by atoms with Gasteiger partial charge >= 0.3 is 0 Å². The van der Waals surface area contributed by atoms with Crippen molar-refractivity contribution in [3.05, 3.63) is 84.1 Å². The summed E-state index contributed by atoms with van der Waals surface area (Å²) in [6, 6.07) is 25.8. The van der Waals surface area contributed by atoms with Crippen molar-refractivity contribution in [2.75, 3.05) is 0 Å². The number of para-hydroxylation sites is 2. The molecule has 0 saturated heterocycles. The van der Waals surface area contributed by atoms with Gasteiger partial charge in [0.1, 0.15) is 0 Å². The number of aryl methyl sites for hydroxylation is 2. The highest BCUT2D eigenvalue weighted by atomic mass is 15.0. The van der Waals surface area contributed by atoms with Crippen LogP contribution in [0.3, 0.4) is 0 Å². The van der Waals surface area contributed by atoms with Crippen molar-refractivity contribution < 1.29 is 0 Å². The van der Waals surface area contributed by atoms with Gasteiger partial charge in [-0.05, 0) is 38.1 Å². The lowest BCUT2D eigenvalue weighted by Gasteiger charge is -2.10. The van der Waals surface area contributed by atoms with E-state index in [-0.39, 0.29) is 0 Å². The summed E-state index contributed by atoms with van der Waals surface area (Å²) in [7, 11) is 0. The summed E-state index contributed by atoms with van der Waals surface area (Å²) < 4.78 is 2.38. The maximum Gasteiger partial charge on any atom is 0.0726 e. The average Bonchev–Trinajstić information content (AvgIpc) is 2.99. The molecule has 0 spiro atoms. The molecular weight excluding hydrogens is 304 g/mol. The number of rotatable bonds is 1. The van der Waals surface area contributed by atoms with Crippen LogP contribution in [0.25, 0.3) is 38.4 Å². The Morgan fingerprint density at radius 2 is 1.40 bits per heavy atom. The van der Waals surface area contributed by atoms with Gasteiger partial charge in [-0.1, -0.05) is 54.1 Å². The molecule has 2 aromatic heterocycles. The van der Waals surface area contributed by atoms with Crippen molar-refractivity contribution in [2.45, 2.75) is 13.8 Å². The zero-order valence-electron chi connectivity index (χ0n) is 14.3. The van der Waals surface area contributed by atoms with Gasteiger partial charge in [0, 0.05) is 27.5 Å². The second-order valence-electron chi connectivity index (χ2n) is 6.63. The highest BCUT2D eigenvalue weighted by Gasteiger charge is 2.17. The molecule has 2 heteroatoms. The topological polar surface area (TPSA) is 17.8 Å². The smallest absolute Gasteiger partial charge is 0.0726 e. The van der Waals surface area contributed by atoms with E-state index < -0.39 is 0 Å². The van der Waals surface area contributed by atoms with Crippen molar-refractivity contribution in [2.24, 2.45) is 0 Å². The molecule has 0 unspecified atom stereocenters. The van der Waals surface area contributed by atoms with Crippen molar-refractivity contribution in [3.63, 3.8) is 0 Å². The van der Waals surface area contributed by atoms with Crippen LogP contribution in [0.1, 0.15) is 11.3 Å². The first kappa shape index (κ1) is 14.2. The Hall–Kier alpha value is -3.13. The summed E-state index contributed by atoms with van der Waals surface area (Å²) in [5, 5.41) is 3.70. The van der Waals surface area contributed by atoms with E-state index in [4.69, 9.17) is 4.98 Å². The fourth-order valence-corrected chi connectivity index (χ4v) is 3.83. The third kappa shape index (κ3) is 2.01. The van der Waals surface area contributed by atoms with Gasteiger partial charge in [-0.3, -0.25) is 4.98 Å². The minimum atomic E-state index is 1.05. The molecule has 0 aliphatic carbocycles. The van der Waals surface area contributed by atoms with Gasteiger partial charge < -0.3 is 4.57 Å². The number of hydrogen-bond acceptors (Lipinski definition) is 1. The molecule has 0 fully saturated rings. The highest BCUT2D eigenvalue weighted by Crippen LogP contribution is 2.37. The lowest BCUT2D eigenvalue weighted by molar-refractivity contribution is 1.17. The summed E-state index contributed by atoms with van der Waals surface area (Å²) in [5.74, 6) is 0. The molecule has 0 saturated carbocycles. The number of benzene rings is 3. The molecule has 0 bridgehead atoms. The van der Waals surface area contributed by atoms with Crippen LogP contribution in [0.4, 0.5) is 0 Å². The van der Waals surface area contributed by atoms with Gasteiger partial charge in [-0.2, -0.15) is 0 Å². The Labute approximate surface area is 146 Å². The fraction of sp³-hybridized carbons (Fsp3) is 0.0870. The molecule has 2 nitrogen and oxygen atoms in total. The third-order valence-electron chi connectivity index (χ3n) is 4.98. The summed E-state index contributed by atoms with van der Waals surface area (Å²) in [6.45, 7) is 4.24. The normalized spacial score (nSPS) is 11.6. The van der Waals surface area contributed by atoms with E-state index in [2.05, 4.69) is 91.2 Å². The third-order valence-corrected chi connectivity index (χ3v) is 4.98. The lowest BCUT2D eigenvalue weighted by atomic mass is 10.1. The molecular formula is C23H18N2. The van der Waals surface area contributed by atoms with E-state index in [0.29, 0.717) is 0 Å². The predicted molar refractivity (Wildman–Crippen MR) is 106 cm³/mol. The summed E-state index contributed by atoms with van der Waals surface area (Å²) >= 11 is 0. The number of nitrogens with zero attached hydrogens (tertiary/aromatic N) is 2. The predicted octanol–water partition coefficient (Wildman–Crippen LogP) is 5.95. The Balaban J connectivity index is 2.09. The van der Waals surface area contributed by atoms with Crippen LogP contribution < -0.4 is 0 Å². The van der Waals surface area contributed by atoms with Gasteiger partial charge in [0.25, 0.3) is 0 Å². The lowest BCUT2D eigenvalue weighted by Crippen LogP contribution is -1.95. The molecule has 0 aliphatic rings. The second-order valence-corrected chi connectivity index (χ2v) is 6.63. The van der Waals surface area contributed by atoms with Gasteiger partial charge in [0.05, 0.1) is 16.6 Å². The number of hydrogen-bond donors (Lipinski definition) is 0. The van der Waals surface area contributed by atoms with Gasteiger partial charge in [0.15, 0.2) is 0 Å². The first-order valence-corrected chi connectivity index (χ1v) is 8.59. The maximum absolute atomic E-state index is 4.86.